The van der Waals surface area contributed by atoms with E-state index in [1.807, 2.05) is 40.0 Å². The Kier molecular flexibility index (Phi) is 5.45. The van der Waals surface area contributed by atoms with Gasteiger partial charge in [-0.15, -0.1) is 0 Å². The van der Waals surface area contributed by atoms with E-state index >= 15 is 0 Å². The van der Waals surface area contributed by atoms with Crippen LogP contribution in [0.1, 0.15) is 31.7 Å². The van der Waals surface area contributed by atoms with E-state index in [2.05, 4.69) is 16.2 Å². The molecule has 0 radical (unpaired) electrons. The highest BCUT2D eigenvalue weighted by Gasteiger charge is 2.42. The van der Waals surface area contributed by atoms with E-state index in [0.717, 1.165) is 56.2 Å². The van der Waals surface area contributed by atoms with Gasteiger partial charge >= 0.3 is 0 Å². The number of amides is 1. The van der Waals surface area contributed by atoms with Crippen LogP contribution in [0.15, 0.2) is 36.7 Å². The lowest BCUT2D eigenvalue weighted by molar-refractivity contribution is -0.138. The van der Waals surface area contributed by atoms with E-state index in [-0.39, 0.29) is 11.3 Å². The van der Waals surface area contributed by atoms with Crippen LogP contribution in [-0.2, 0) is 11.3 Å². The molecule has 1 unspecified atom stereocenters. The molecule has 7 heteroatoms. The molecule has 0 aliphatic carbocycles. The molecule has 3 heterocycles. The first-order valence-electron chi connectivity index (χ1n) is 9.88. The molecule has 1 spiro atoms. The van der Waals surface area contributed by atoms with Crippen LogP contribution in [0.4, 0.5) is 0 Å². The third kappa shape index (κ3) is 4.24. The standard InChI is InChI=1S/C21H27ClN4O2/c1-16(27)25-14-20(28)10-21(15-25)6-8-24(9-7-21)12-17-11-23-26(13-17)19-4-2-18(22)3-5-19/h2-5,11,13,20,28H,6-10,12,14-15H2,1H3. The maximum atomic E-state index is 11.8. The summed E-state index contributed by atoms with van der Waals surface area (Å²) in [4.78, 5) is 16.1. The molecule has 2 aliphatic heterocycles. The molecule has 2 aliphatic rings. The third-order valence-corrected chi connectivity index (χ3v) is 6.37. The number of rotatable bonds is 3. The number of hydrogen-bond donors (Lipinski definition) is 1. The van der Waals surface area contributed by atoms with Gasteiger partial charge in [0.1, 0.15) is 0 Å². The van der Waals surface area contributed by atoms with Gasteiger partial charge in [-0.1, -0.05) is 11.6 Å². The summed E-state index contributed by atoms with van der Waals surface area (Å²) in [6.07, 6.45) is 6.41. The van der Waals surface area contributed by atoms with Gasteiger partial charge in [-0.2, -0.15) is 5.10 Å². The maximum Gasteiger partial charge on any atom is 0.219 e. The van der Waals surface area contributed by atoms with Crippen LogP contribution < -0.4 is 0 Å². The van der Waals surface area contributed by atoms with Crippen molar-refractivity contribution in [1.82, 2.24) is 19.6 Å². The van der Waals surface area contributed by atoms with Gasteiger partial charge in [0.25, 0.3) is 0 Å². The Balaban J connectivity index is 1.36. The van der Waals surface area contributed by atoms with Crippen molar-refractivity contribution in [3.05, 3.63) is 47.2 Å². The number of benzene rings is 1. The third-order valence-electron chi connectivity index (χ3n) is 6.12. The van der Waals surface area contributed by atoms with Crippen molar-refractivity contribution in [2.75, 3.05) is 26.2 Å². The predicted molar refractivity (Wildman–Crippen MR) is 108 cm³/mol. The first-order chi connectivity index (χ1) is 13.4. The molecule has 150 valence electrons. The van der Waals surface area contributed by atoms with Crippen molar-refractivity contribution in [1.29, 1.82) is 0 Å². The molecule has 2 fully saturated rings. The van der Waals surface area contributed by atoms with Gasteiger partial charge in [0, 0.05) is 43.3 Å². The average Bonchev–Trinajstić information content (AvgIpc) is 3.12. The molecular weight excluding hydrogens is 376 g/mol. The quantitative estimate of drug-likeness (QED) is 0.857. The molecule has 1 aromatic heterocycles. The van der Waals surface area contributed by atoms with Crippen molar-refractivity contribution < 1.29 is 9.90 Å². The summed E-state index contributed by atoms with van der Waals surface area (Å²) in [6.45, 7) is 5.67. The minimum atomic E-state index is -0.401. The smallest absolute Gasteiger partial charge is 0.219 e. The largest absolute Gasteiger partial charge is 0.391 e. The lowest BCUT2D eigenvalue weighted by atomic mass is 9.71. The number of nitrogens with zero attached hydrogens (tertiary/aromatic N) is 4. The molecule has 1 atom stereocenters. The van der Waals surface area contributed by atoms with Crippen LogP contribution in [0.3, 0.4) is 0 Å². The molecule has 4 rings (SSSR count). The van der Waals surface area contributed by atoms with E-state index in [1.54, 1.807) is 6.92 Å². The Labute approximate surface area is 170 Å². The molecule has 2 saturated heterocycles. The summed E-state index contributed by atoms with van der Waals surface area (Å²) in [5.41, 5.74) is 2.24. The molecule has 0 saturated carbocycles. The second-order valence-electron chi connectivity index (χ2n) is 8.30. The number of carbonyl (C=O) groups excluding carboxylic acids is 1. The molecular formula is C21H27ClN4O2. The summed E-state index contributed by atoms with van der Waals surface area (Å²) in [5, 5.41) is 15.4. The second kappa shape index (κ2) is 7.85. The molecule has 28 heavy (non-hydrogen) atoms. The summed E-state index contributed by atoms with van der Waals surface area (Å²) >= 11 is 5.96. The number of carbonyl (C=O) groups is 1. The molecule has 6 nitrogen and oxygen atoms in total. The number of piperidine rings is 2. The Morgan fingerprint density at radius 2 is 2.00 bits per heavy atom. The van der Waals surface area contributed by atoms with Gasteiger partial charge in [-0.3, -0.25) is 9.69 Å². The Morgan fingerprint density at radius 1 is 1.29 bits per heavy atom. The van der Waals surface area contributed by atoms with Gasteiger partial charge in [0.05, 0.1) is 18.0 Å². The number of aliphatic hydroxyl groups excluding tert-OH is 1. The minimum Gasteiger partial charge on any atom is -0.391 e. The monoisotopic (exact) mass is 402 g/mol. The van der Waals surface area contributed by atoms with Crippen LogP contribution in [0.5, 0.6) is 0 Å². The van der Waals surface area contributed by atoms with Gasteiger partial charge in [-0.25, -0.2) is 4.68 Å². The fourth-order valence-corrected chi connectivity index (χ4v) is 4.70. The average molecular weight is 403 g/mol. The van der Waals surface area contributed by atoms with E-state index < -0.39 is 6.10 Å². The normalized spacial score (nSPS) is 22.5. The van der Waals surface area contributed by atoms with Crippen molar-refractivity contribution >= 4 is 17.5 Å². The van der Waals surface area contributed by atoms with Crippen LogP contribution in [0, 0.1) is 5.41 Å². The van der Waals surface area contributed by atoms with Crippen LogP contribution in [0.25, 0.3) is 5.69 Å². The molecule has 2 aromatic rings. The van der Waals surface area contributed by atoms with Crippen LogP contribution in [0.2, 0.25) is 5.02 Å². The van der Waals surface area contributed by atoms with E-state index in [9.17, 15) is 9.90 Å². The lowest BCUT2D eigenvalue weighted by Gasteiger charge is -2.49. The molecule has 1 N–H and O–H groups in total. The van der Waals surface area contributed by atoms with Gasteiger partial charge in [0.2, 0.25) is 5.91 Å². The summed E-state index contributed by atoms with van der Waals surface area (Å²) in [6, 6.07) is 7.65. The van der Waals surface area contributed by atoms with Gasteiger partial charge in [0.15, 0.2) is 0 Å². The van der Waals surface area contributed by atoms with Crippen molar-refractivity contribution in [2.45, 2.75) is 38.8 Å². The van der Waals surface area contributed by atoms with Crippen LogP contribution >= 0.6 is 11.6 Å². The SMILES string of the molecule is CC(=O)N1CC(O)CC2(CCN(Cc3cnn(-c4ccc(Cl)cc4)c3)CC2)C1. The van der Waals surface area contributed by atoms with Crippen molar-refractivity contribution in [3.8, 4) is 5.69 Å². The van der Waals surface area contributed by atoms with Gasteiger partial charge < -0.3 is 10.0 Å². The Bertz CT molecular complexity index is 827. The predicted octanol–water partition coefficient (Wildman–Crippen LogP) is 2.72. The number of likely N-dealkylation sites (tertiary alicyclic amines) is 2. The first-order valence-corrected chi connectivity index (χ1v) is 10.3. The number of aliphatic hydroxyl groups is 1. The summed E-state index contributed by atoms with van der Waals surface area (Å²) < 4.78 is 1.87. The van der Waals surface area contributed by atoms with Gasteiger partial charge in [-0.05, 0) is 62.0 Å². The summed E-state index contributed by atoms with van der Waals surface area (Å²) in [7, 11) is 0. The maximum absolute atomic E-state index is 11.8. The zero-order chi connectivity index (χ0) is 19.7. The lowest BCUT2D eigenvalue weighted by Crippen LogP contribution is -2.54. The zero-order valence-corrected chi connectivity index (χ0v) is 17.0. The van der Waals surface area contributed by atoms with Crippen molar-refractivity contribution in [2.24, 2.45) is 5.41 Å². The van der Waals surface area contributed by atoms with E-state index in [1.165, 1.54) is 5.56 Å². The van der Waals surface area contributed by atoms with Crippen molar-refractivity contribution in [3.63, 3.8) is 0 Å². The number of β-amino-alcohol motifs (C(OH)–C–C–N with tert-alkyl or cyclic N) is 1. The topological polar surface area (TPSA) is 61.6 Å². The van der Waals surface area contributed by atoms with E-state index in [4.69, 9.17) is 11.6 Å². The Hall–Kier alpha value is -1.89. The highest BCUT2D eigenvalue weighted by atomic mass is 35.5. The zero-order valence-electron chi connectivity index (χ0n) is 16.2. The Morgan fingerprint density at radius 3 is 2.68 bits per heavy atom. The number of hydrogen-bond acceptors (Lipinski definition) is 4. The first kappa shape index (κ1) is 19.4. The second-order valence-corrected chi connectivity index (χ2v) is 8.74. The fraction of sp³-hybridized carbons (Fsp3) is 0.524. The van der Waals surface area contributed by atoms with Crippen LogP contribution in [-0.4, -0.2) is 62.9 Å². The molecule has 1 aromatic carbocycles. The van der Waals surface area contributed by atoms with E-state index in [0.29, 0.717) is 6.54 Å². The highest BCUT2D eigenvalue weighted by Crippen LogP contribution is 2.40. The number of aromatic nitrogens is 2. The molecule has 0 bridgehead atoms. The number of halogens is 1. The minimum absolute atomic E-state index is 0.0628. The fourth-order valence-electron chi connectivity index (χ4n) is 4.58. The molecule has 1 amide bonds. The summed E-state index contributed by atoms with van der Waals surface area (Å²) in [5.74, 6) is 0.0650. The highest BCUT2D eigenvalue weighted by molar-refractivity contribution is 6.30.